The fourth-order valence-corrected chi connectivity index (χ4v) is 1.44. The molecule has 0 aliphatic heterocycles. The van der Waals surface area contributed by atoms with Crippen LogP contribution in [0.5, 0.6) is 0 Å². The van der Waals surface area contributed by atoms with Gasteiger partial charge >= 0.3 is 0 Å². The molecule has 1 rings (SSSR count). The highest BCUT2D eigenvalue weighted by Crippen LogP contribution is 2.17. The SMILES string of the molecule is CNc1ncc(C)c(N(CCO)CCO)n1. The fourth-order valence-electron chi connectivity index (χ4n) is 1.44. The number of anilines is 2. The summed E-state index contributed by atoms with van der Waals surface area (Å²) in [6, 6.07) is 0. The van der Waals surface area contributed by atoms with Gasteiger partial charge in [-0.1, -0.05) is 0 Å². The lowest BCUT2D eigenvalue weighted by Crippen LogP contribution is -2.31. The molecule has 0 aromatic carbocycles. The van der Waals surface area contributed by atoms with E-state index in [-0.39, 0.29) is 13.2 Å². The molecule has 0 unspecified atom stereocenters. The summed E-state index contributed by atoms with van der Waals surface area (Å²) < 4.78 is 0. The summed E-state index contributed by atoms with van der Waals surface area (Å²) in [5.74, 6) is 1.27. The lowest BCUT2D eigenvalue weighted by Gasteiger charge is -2.23. The first-order valence-corrected chi connectivity index (χ1v) is 5.21. The monoisotopic (exact) mass is 226 g/mol. The molecule has 0 saturated heterocycles. The van der Waals surface area contributed by atoms with Gasteiger partial charge in [0.25, 0.3) is 0 Å². The van der Waals surface area contributed by atoms with E-state index in [0.717, 1.165) is 11.4 Å². The zero-order valence-electron chi connectivity index (χ0n) is 9.64. The number of aliphatic hydroxyl groups is 2. The van der Waals surface area contributed by atoms with Crippen molar-refractivity contribution in [2.24, 2.45) is 0 Å². The molecule has 0 aliphatic rings. The van der Waals surface area contributed by atoms with Gasteiger partial charge in [-0.15, -0.1) is 0 Å². The van der Waals surface area contributed by atoms with Crippen molar-refractivity contribution in [3.63, 3.8) is 0 Å². The molecule has 1 aromatic heterocycles. The molecule has 6 heteroatoms. The summed E-state index contributed by atoms with van der Waals surface area (Å²) in [7, 11) is 1.75. The van der Waals surface area contributed by atoms with E-state index in [1.165, 1.54) is 0 Å². The number of rotatable bonds is 6. The molecular weight excluding hydrogens is 208 g/mol. The van der Waals surface area contributed by atoms with Crippen LogP contribution in [0.25, 0.3) is 0 Å². The Kier molecular flexibility index (Phi) is 4.94. The van der Waals surface area contributed by atoms with Gasteiger partial charge < -0.3 is 20.4 Å². The van der Waals surface area contributed by atoms with E-state index in [2.05, 4.69) is 15.3 Å². The molecule has 90 valence electrons. The van der Waals surface area contributed by atoms with E-state index in [4.69, 9.17) is 10.2 Å². The molecule has 0 amide bonds. The van der Waals surface area contributed by atoms with E-state index < -0.39 is 0 Å². The third-order valence-electron chi connectivity index (χ3n) is 2.21. The van der Waals surface area contributed by atoms with Crippen LogP contribution in [-0.4, -0.2) is 53.5 Å². The molecule has 0 spiro atoms. The Morgan fingerprint density at radius 3 is 2.44 bits per heavy atom. The van der Waals surface area contributed by atoms with Gasteiger partial charge in [0.2, 0.25) is 5.95 Å². The van der Waals surface area contributed by atoms with Crippen molar-refractivity contribution in [1.82, 2.24) is 9.97 Å². The van der Waals surface area contributed by atoms with E-state index in [9.17, 15) is 0 Å². The number of nitrogens with zero attached hydrogens (tertiary/aromatic N) is 3. The summed E-state index contributed by atoms with van der Waals surface area (Å²) in [4.78, 5) is 10.2. The summed E-state index contributed by atoms with van der Waals surface area (Å²) in [6.07, 6.45) is 1.72. The number of aryl methyl sites for hydroxylation is 1. The maximum absolute atomic E-state index is 8.96. The maximum atomic E-state index is 8.96. The van der Waals surface area contributed by atoms with Crippen molar-refractivity contribution in [2.45, 2.75) is 6.92 Å². The normalized spacial score (nSPS) is 10.2. The minimum absolute atomic E-state index is 0.0261. The maximum Gasteiger partial charge on any atom is 0.224 e. The Morgan fingerprint density at radius 1 is 1.31 bits per heavy atom. The molecule has 0 aliphatic carbocycles. The molecule has 0 bridgehead atoms. The number of hydrogen-bond donors (Lipinski definition) is 3. The predicted molar refractivity (Wildman–Crippen MR) is 62.7 cm³/mol. The summed E-state index contributed by atoms with van der Waals surface area (Å²) in [5.41, 5.74) is 0.918. The van der Waals surface area contributed by atoms with Crippen LogP contribution in [0.4, 0.5) is 11.8 Å². The van der Waals surface area contributed by atoms with Crippen LogP contribution < -0.4 is 10.2 Å². The lowest BCUT2D eigenvalue weighted by atomic mass is 10.3. The van der Waals surface area contributed by atoms with Crippen molar-refractivity contribution in [1.29, 1.82) is 0 Å². The van der Waals surface area contributed by atoms with Crippen LogP contribution in [0.3, 0.4) is 0 Å². The quantitative estimate of drug-likeness (QED) is 0.613. The van der Waals surface area contributed by atoms with Crippen LogP contribution in [0.2, 0.25) is 0 Å². The van der Waals surface area contributed by atoms with Gasteiger partial charge in [-0.3, -0.25) is 0 Å². The Labute approximate surface area is 95.0 Å². The van der Waals surface area contributed by atoms with Crippen LogP contribution in [0.15, 0.2) is 6.20 Å². The standard InChI is InChI=1S/C10H18N4O2/c1-8-7-12-10(11-2)13-9(8)14(3-5-15)4-6-16/h7,15-16H,3-6H2,1-2H3,(H,11,12,13). The van der Waals surface area contributed by atoms with Crippen molar-refractivity contribution in [2.75, 3.05) is 43.6 Å². The van der Waals surface area contributed by atoms with Gasteiger partial charge in [0, 0.05) is 31.9 Å². The van der Waals surface area contributed by atoms with Crippen molar-refractivity contribution < 1.29 is 10.2 Å². The second-order valence-corrected chi connectivity index (χ2v) is 3.38. The zero-order valence-corrected chi connectivity index (χ0v) is 9.64. The van der Waals surface area contributed by atoms with Gasteiger partial charge in [0.05, 0.1) is 13.2 Å². The predicted octanol–water partition coefficient (Wildman–Crippen LogP) is -0.382. The van der Waals surface area contributed by atoms with Gasteiger partial charge in [0.1, 0.15) is 5.82 Å². The average Bonchev–Trinajstić information content (AvgIpc) is 2.29. The molecule has 1 heterocycles. The molecule has 0 fully saturated rings. The highest BCUT2D eigenvalue weighted by Gasteiger charge is 2.11. The van der Waals surface area contributed by atoms with Crippen LogP contribution >= 0.6 is 0 Å². The van der Waals surface area contributed by atoms with E-state index in [0.29, 0.717) is 19.0 Å². The molecule has 3 N–H and O–H groups in total. The fraction of sp³-hybridized carbons (Fsp3) is 0.600. The van der Waals surface area contributed by atoms with Gasteiger partial charge in [-0.25, -0.2) is 4.98 Å². The van der Waals surface area contributed by atoms with Crippen molar-refractivity contribution in [3.05, 3.63) is 11.8 Å². The molecule has 0 saturated carbocycles. The van der Waals surface area contributed by atoms with Crippen LogP contribution in [-0.2, 0) is 0 Å². The summed E-state index contributed by atoms with van der Waals surface area (Å²) in [6.45, 7) is 2.84. The van der Waals surface area contributed by atoms with Crippen molar-refractivity contribution in [3.8, 4) is 0 Å². The highest BCUT2D eigenvalue weighted by atomic mass is 16.3. The van der Waals surface area contributed by atoms with E-state index in [1.54, 1.807) is 13.2 Å². The van der Waals surface area contributed by atoms with E-state index >= 15 is 0 Å². The molecule has 1 aromatic rings. The lowest BCUT2D eigenvalue weighted by molar-refractivity contribution is 0.280. The van der Waals surface area contributed by atoms with E-state index in [1.807, 2.05) is 11.8 Å². The Morgan fingerprint density at radius 2 is 1.94 bits per heavy atom. The average molecular weight is 226 g/mol. The Hall–Kier alpha value is -1.40. The number of hydrogen-bond acceptors (Lipinski definition) is 6. The molecular formula is C10H18N4O2. The smallest absolute Gasteiger partial charge is 0.224 e. The number of nitrogens with one attached hydrogen (secondary N) is 1. The van der Waals surface area contributed by atoms with Crippen LogP contribution in [0.1, 0.15) is 5.56 Å². The minimum atomic E-state index is 0.0261. The third-order valence-corrected chi connectivity index (χ3v) is 2.21. The van der Waals surface area contributed by atoms with Crippen LogP contribution in [0, 0.1) is 6.92 Å². The molecule has 0 atom stereocenters. The largest absolute Gasteiger partial charge is 0.395 e. The first-order valence-electron chi connectivity index (χ1n) is 5.21. The first kappa shape index (κ1) is 12.7. The number of aliphatic hydroxyl groups excluding tert-OH is 2. The minimum Gasteiger partial charge on any atom is -0.395 e. The van der Waals surface area contributed by atoms with Gasteiger partial charge in [-0.2, -0.15) is 4.98 Å². The first-order chi connectivity index (χ1) is 7.72. The number of aromatic nitrogens is 2. The summed E-state index contributed by atoms with van der Waals surface area (Å²) in [5, 5.41) is 20.8. The Bertz CT molecular complexity index is 327. The highest BCUT2D eigenvalue weighted by molar-refractivity contribution is 5.48. The van der Waals surface area contributed by atoms with Gasteiger partial charge in [0.15, 0.2) is 0 Å². The topological polar surface area (TPSA) is 81.5 Å². The summed E-state index contributed by atoms with van der Waals surface area (Å²) >= 11 is 0. The third kappa shape index (κ3) is 3.04. The van der Waals surface area contributed by atoms with Gasteiger partial charge in [-0.05, 0) is 6.92 Å². The van der Waals surface area contributed by atoms with Crippen molar-refractivity contribution >= 4 is 11.8 Å². The molecule has 6 nitrogen and oxygen atoms in total. The Balaban J connectivity index is 2.96. The molecule has 0 radical (unpaired) electrons. The molecule has 16 heavy (non-hydrogen) atoms. The second kappa shape index (κ2) is 6.24. The zero-order chi connectivity index (χ0) is 12.0. The second-order valence-electron chi connectivity index (χ2n) is 3.38.